The van der Waals surface area contributed by atoms with Gasteiger partial charge in [0.1, 0.15) is 5.69 Å². The van der Waals surface area contributed by atoms with Gasteiger partial charge < -0.3 is 14.8 Å². The second kappa shape index (κ2) is 3.62. The van der Waals surface area contributed by atoms with Crippen LogP contribution in [0.3, 0.4) is 0 Å². The standard InChI is InChI=1S/C9H13NO3/c1-3-8(11)6-4-7(9(12)13)10(2)5-6/h4-5,8,11H,3H2,1-2H3,(H,12,13)/t8-/m0/s1. The van der Waals surface area contributed by atoms with Gasteiger partial charge in [-0.25, -0.2) is 4.79 Å². The van der Waals surface area contributed by atoms with Crippen molar-refractivity contribution in [3.63, 3.8) is 0 Å². The highest BCUT2D eigenvalue weighted by Gasteiger charge is 2.13. The lowest BCUT2D eigenvalue weighted by atomic mass is 10.1. The zero-order valence-electron chi connectivity index (χ0n) is 7.69. The smallest absolute Gasteiger partial charge is 0.352 e. The fourth-order valence-corrected chi connectivity index (χ4v) is 1.22. The highest BCUT2D eigenvalue weighted by Crippen LogP contribution is 2.18. The first kappa shape index (κ1) is 9.80. The number of hydrogen-bond acceptors (Lipinski definition) is 2. The second-order valence-corrected chi connectivity index (χ2v) is 3.00. The maximum atomic E-state index is 10.6. The first-order valence-corrected chi connectivity index (χ1v) is 4.14. The van der Waals surface area contributed by atoms with Gasteiger partial charge >= 0.3 is 5.97 Å². The molecule has 2 N–H and O–H groups in total. The minimum absolute atomic E-state index is 0.197. The van der Waals surface area contributed by atoms with Crippen molar-refractivity contribution >= 4 is 5.97 Å². The molecule has 4 heteroatoms. The molecule has 0 aromatic carbocycles. The van der Waals surface area contributed by atoms with Gasteiger partial charge in [0.2, 0.25) is 0 Å². The number of nitrogens with zero attached hydrogens (tertiary/aromatic N) is 1. The molecule has 0 spiro atoms. The number of hydrogen-bond donors (Lipinski definition) is 2. The van der Waals surface area contributed by atoms with Crippen molar-refractivity contribution in [3.8, 4) is 0 Å². The van der Waals surface area contributed by atoms with E-state index in [2.05, 4.69) is 0 Å². The third kappa shape index (κ3) is 1.89. The van der Waals surface area contributed by atoms with E-state index >= 15 is 0 Å². The Morgan fingerprint density at radius 1 is 1.69 bits per heavy atom. The van der Waals surface area contributed by atoms with Crippen LogP contribution >= 0.6 is 0 Å². The maximum absolute atomic E-state index is 10.6. The topological polar surface area (TPSA) is 62.5 Å². The number of aryl methyl sites for hydroxylation is 1. The number of rotatable bonds is 3. The van der Waals surface area contributed by atoms with Crippen LogP contribution < -0.4 is 0 Å². The SMILES string of the molecule is CC[C@H](O)c1cc(C(=O)O)n(C)c1. The zero-order valence-corrected chi connectivity index (χ0v) is 7.69. The normalized spacial score (nSPS) is 12.8. The van der Waals surface area contributed by atoms with Crippen LogP contribution in [0.5, 0.6) is 0 Å². The highest BCUT2D eigenvalue weighted by molar-refractivity contribution is 5.86. The average Bonchev–Trinajstić information content (AvgIpc) is 2.46. The number of carboxylic acids is 1. The Kier molecular flexibility index (Phi) is 2.72. The first-order chi connectivity index (χ1) is 6.06. The minimum Gasteiger partial charge on any atom is -0.477 e. The molecule has 0 saturated heterocycles. The van der Waals surface area contributed by atoms with E-state index in [1.54, 1.807) is 13.2 Å². The lowest BCUT2D eigenvalue weighted by molar-refractivity contribution is 0.0686. The van der Waals surface area contributed by atoms with E-state index in [-0.39, 0.29) is 5.69 Å². The van der Waals surface area contributed by atoms with Gasteiger partial charge in [-0.3, -0.25) is 0 Å². The molecule has 0 bridgehead atoms. The second-order valence-electron chi connectivity index (χ2n) is 3.00. The molecule has 1 atom stereocenters. The fourth-order valence-electron chi connectivity index (χ4n) is 1.22. The fraction of sp³-hybridized carbons (Fsp3) is 0.444. The molecule has 1 rings (SSSR count). The lowest BCUT2D eigenvalue weighted by Crippen LogP contribution is -2.02. The molecule has 0 radical (unpaired) electrons. The van der Waals surface area contributed by atoms with Crippen molar-refractivity contribution in [2.24, 2.45) is 7.05 Å². The Bertz CT molecular complexity index is 317. The molecule has 0 unspecified atom stereocenters. The van der Waals surface area contributed by atoms with E-state index in [4.69, 9.17) is 5.11 Å². The van der Waals surface area contributed by atoms with E-state index in [0.29, 0.717) is 12.0 Å². The summed E-state index contributed by atoms with van der Waals surface area (Å²) in [6.07, 6.45) is 1.65. The number of carbonyl (C=O) groups is 1. The quantitative estimate of drug-likeness (QED) is 0.739. The summed E-state index contributed by atoms with van der Waals surface area (Å²) in [6.45, 7) is 1.85. The summed E-state index contributed by atoms with van der Waals surface area (Å²) in [6, 6.07) is 1.50. The number of aliphatic hydroxyl groups excluding tert-OH is 1. The number of aliphatic hydroxyl groups is 1. The van der Waals surface area contributed by atoms with Crippen LogP contribution in [-0.2, 0) is 7.05 Å². The zero-order chi connectivity index (χ0) is 10.0. The average molecular weight is 183 g/mol. The molecule has 4 nitrogen and oxygen atoms in total. The molecule has 0 fully saturated rings. The molecule has 1 aromatic heterocycles. The predicted octanol–water partition coefficient (Wildman–Crippen LogP) is 1.17. The number of carboxylic acid groups (broad SMARTS) is 1. The Hall–Kier alpha value is -1.29. The van der Waals surface area contributed by atoms with Gasteiger partial charge in [0.05, 0.1) is 6.10 Å². The van der Waals surface area contributed by atoms with E-state index < -0.39 is 12.1 Å². The van der Waals surface area contributed by atoms with Gasteiger partial charge in [-0.05, 0) is 18.1 Å². The molecule has 1 aromatic rings. The van der Waals surface area contributed by atoms with E-state index in [1.807, 2.05) is 6.92 Å². The van der Waals surface area contributed by atoms with Crippen molar-refractivity contribution in [3.05, 3.63) is 23.5 Å². The van der Waals surface area contributed by atoms with Crippen LogP contribution in [0.4, 0.5) is 0 Å². The Morgan fingerprint density at radius 3 is 2.69 bits per heavy atom. The molecular formula is C9H13NO3. The molecular weight excluding hydrogens is 170 g/mol. The molecule has 0 aliphatic rings. The van der Waals surface area contributed by atoms with Crippen molar-refractivity contribution < 1.29 is 15.0 Å². The molecule has 72 valence electrons. The summed E-state index contributed by atoms with van der Waals surface area (Å²) >= 11 is 0. The van der Waals surface area contributed by atoms with Crippen LogP contribution in [0.2, 0.25) is 0 Å². The van der Waals surface area contributed by atoms with E-state index in [1.165, 1.54) is 10.6 Å². The van der Waals surface area contributed by atoms with E-state index in [9.17, 15) is 9.90 Å². The number of aromatic carboxylic acids is 1. The van der Waals surface area contributed by atoms with Gasteiger partial charge in [-0.15, -0.1) is 0 Å². The van der Waals surface area contributed by atoms with Gasteiger partial charge in [0, 0.05) is 13.2 Å². The summed E-state index contributed by atoms with van der Waals surface area (Å²) in [5.41, 5.74) is 0.852. The monoisotopic (exact) mass is 183 g/mol. The number of aromatic nitrogens is 1. The lowest BCUT2D eigenvalue weighted by Gasteiger charge is -2.02. The van der Waals surface area contributed by atoms with Gasteiger partial charge in [0.25, 0.3) is 0 Å². The van der Waals surface area contributed by atoms with E-state index in [0.717, 1.165) is 0 Å². The summed E-state index contributed by atoms with van der Waals surface area (Å²) in [5.74, 6) is -0.975. The van der Waals surface area contributed by atoms with Crippen LogP contribution in [0.25, 0.3) is 0 Å². The van der Waals surface area contributed by atoms with Crippen LogP contribution in [0.1, 0.15) is 35.5 Å². The first-order valence-electron chi connectivity index (χ1n) is 4.14. The third-order valence-corrected chi connectivity index (χ3v) is 2.02. The molecule has 0 aliphatic carbocycles. The van der Waals surface area contributed by atoms with Gasteiger partial charge in [-0.2, -0.15) is 0 Å². The maximum Gasteiger partial charge on any atom is 0.352 e. The van der Waals surface area contributed by atoms with Crippen molar-refractivity contribution in [1.82, 2.24) is 4.57 Å². The molecule has 0 aliphatic heterocycles. The Balaban J connectivity index is 3.01. The molecule has 1 heterocycles. The molecule has 0 saturated carbocycles. The largest absolute Gasteiger partial charge is 0.477 e. The molecule has 13 heavy (non-hydrogen) atoms. The molecule has 0 amide bonds. The van der Waals surface area contributed by atoms with Gasteiger partial charge in [0.15, 0.2) is 0 Å². The predicted molar refractivity (Wildman–Crippen MR) is 47.6 cm³/mol. The minimum atomic E-state index is -0.975. The summed E-state index contributed by atoms with van der Waals surface area (Å²) in [5, 5.41) is 18.2. The van der Waals surface area contributed by atoms with Crippen molar-refractivity contribution in [2.75, 3.05) is 0 Å². The van der Waals surface area contributed by atoms with Gasteiger partial charge in [-0.1, -0.05) is 6.92 Å². The Labute approximate surface area is 76.4 Å². The van der Waals surface area contributed by atoms with Crippen LogP contribution in [0.15, 0.2) is 12.3 Å². The van der Waals surface area contributed by atoms with Crippen molar-refractivity contribution in [2.45, 2.75) is 19.4 Å². The highest BCUT2D eigenvalue weighted by atomic mass is 16.4. The summed E-state index contributed by atoms with van der Waals surface area (Å²) < 4.78 is 1.50. The third-order valence-electron chi connectivity index (χ3n) is 2.02. The van der Waals surface area contributed by atoms with Crippen LogP contribution in [-0.4, -0.2) is 20.7 Å². The Morgan fingerprint density at radius 2 is 2.31 bits per heavy atom. The van der Waals surface area contributed by atoms with Crippen molar-refractivity contribution in [1.29, 1.82) is 0 Å². The summed E-state index contributed by atoms with van der Waals surface area (Å²) in [4.78, 5) is 10.6. The summed E-state index contributed by atoms with van der Waals surface area (Å²) in [7, 11) is 1.65. The van der Waals surface area contributed by atoms with Crippen LogP contribution in [0, 0.1) is 0 Å².